The maximum absolute atomic E-state index is 6.02. The second-order valence-corrected chi connectivity index (χ2v) is 6.01. The van der Waals surface area contributed by atoms with Gasteiger partial charge in [0.2, 0.25) is 5.95 Å². The van der Waals surface area contributed by atoms with E-state index in [0.717, 1.165) is 27.7 Å². The van der Waals surface area contributed by atoms with Crippen molar-refractivity contribution in [3.63, 3.8) is 0 Å². The first-order chi connectivity index (χ1) is 11.0. The van der Waals surface area contributed by atoms with Crippen LogP contribution in [0.4, 0.5) is 17.5 Å². The van der Waals surface area contributed by atoms with Gasteiger partial charge in [0, 0.05) is 17.6 Å². The van der Waals surface area contributed by atoms with E-state index in [1.165, 1.54) is 0 Å². The number of fused-ring (bicyclic) bond motifs is 1. The summed E-state index contributed by atoms with van der Waals surface area (Å²) in [6.07, 6.45) is 0. The third-order valence-electron chi connectivity index (χ3n) is 3.68. The lowest BCUT2D eigenvalue weighted by Gasteiger charge is -2.13. The van der Waals surface area contributed by atoms with E-state index in [0.29, 0.717) is 22.4 Å². The van der Waals surface area contributed by atoms with Gasteiger partial charge in [0.25, 0.3) is 0 Å². The zero-order valence-corrected chi connectivity index (χ0v) is 13.9. The molecule has 0 aliphatic heterocycles. The van der Waals surface area contributed by atoms with Crippen LogP contribution < -0.4 is 16.8 Å². The molecular formula is C16H15Cl2N5. The van der Waals surface area contributed by atoms with Crippen molar-refractivity contribution in [1.82, 2.24) is 9.97 Å². The fraction of sp³-hybridized carbons (Fsp3) is 0.125. The summed E-state index contributed by atoms with van der Waals surface area (Å²) < 4.78 is 0. The molecule has 118 valence electrons. The van der Waals surface area contributed by atoms with Gasteiger partial charge in [-0.3, -0.25) is 0 Å². The molecule has 1 heterocycles. The van der Waals surface area contributed by atoms with Crippen molar-refractivity contribution in [1.29, 1.82) is 0 Å². The molecule has 1 aromatic heterocycles. The number of nitrogens with zero attached hydrogens (tertiary/aromatic N) is 2. The topological polar surface area (TPSA) is 89.8 Å². The second-order valence-electron chi connectivity index (χ2n) is 5.19. The Morgan fingerprint density at radius 2 is 1.83 bits per heavy atom. The number of benzene rings is 2. The Hall–Kier alpha value is -2.24. The second kappa shape index (κ2) is 6.10. The summed E-state index contributed by atoms with van der Waals surface area (Å²) in [6, 6.07) is 9.31. The van der Waals surface area contributed by atoms with Gasteiger partial charge < -0.3 is 16.8 Å². The van der Waals surface area contributed by atoms with E-state index in [2.05, 4.69) is 15.3 Å². The zero-order valence-electron chi connectivity index (χ0n) is 12.4. The first kappa shape index (κ1) is 15.6. The SMILES string of the molecule is Cc1c(CNc2ccc(Cl)c(Cl)c2)ccc2nc(N)nc(N)c12. The number of nitrogens with two attached hydrogens (primary N) is 2. The molecule has 23 heavy (non-hydrogen) atoms. The van der Waals surface area contributed by atoms with Gasteiger partial charge in [0.05, 0.1) is 15.6 Å². The number of aromatic nitrogens is 2. The largest absolute Gasteiger partial charge is 0.383 e. The van der Waals surface area contributed by atoms with E-state index in [-0.39, 0.29) is 5.95 Å². The minimum atomic E-state index is 0.177. The maximum atomic E-state index is 6.02. The highest BCUT2D eigenvalue weighted by Crippen LogP contribution is 2.28. The molecule has 0 atom stereocenters. The number of hydrogen-bond donors (Lipinski definition) is 3. The van der Waals surface area contributed by atoms with Crippen LogP contribution >= 0.6 is 23.2 Å². The van der Waals surface area contributed by atoms with Crippen LogP contribution in [-0.2, 0) is 6.54 Å². The zero-order chi connectivity index (χ0) is 16.6. The Morgan fingerprint density at radius 1 is 1.04 bits per heavy atom. The summed E-state index contributed by atoms with van der Waals surface area (Å²) in [5.74, 6) is 0.567. The Kier molecular flexibility index (Phi) is 4.15. The minimum absolute atomic E-state index is 0.177. The molecule has 5 nitrogen and oxygen atoms in total. The van der Waals surface area contributed by atoms with E-state index in [1.807, 2.05) is 25.1 Å². The summed E-state index contributed by atoms with van der Waals surface area (Å²) in [7, 11) is 0. The molecular weight excluding hydrogens is 333 g/mol. The van der Waals surface area contributed by atoms with Crippen LogP contribution in [0.1, 0.15) is 11.1 Å². The molecule has 0 spiro atoms. The van der Waals surface area contributed by atoms with Crippen molar-refractivity contribution < 1.29 is 0 Å². The number of aryl methyl sites for hydroxylation is 1. The van der Waals surface area contributed by atoms with Crippen LogP contribution in [0.2, 0.25) is 10.0 Å². The lowest BCUT2D eigenvalue weighted by atomic mass is 10.0. The first-order valence-electron chi connectivity index (χ1n) is 6.96. The minimum Gasteiger partial charge on any atom is -0.383 e. The molecule has 0 saturated heterocycles. The van der Waals surface area contributed by atoms with Crippen molar-refractivity contribution in [2.75, 3.05) is 16.8 Å². The van der Waals surface area contributed by atoms with E-state index < -0.39 is 0 Å². The molecule has 0 bridgehead atoms. The molecule has 0 saturated carbocycles. The molecule has 0 aliphatic rings. The Bertz CT molecular complexity index is 895. The number of nitrogen functional groups attached to an aromatic ring is 2. The average Bonchev–Trinajstić information content (AvgIpc) is 2.49. The smallest absolute Gasteiger partial charge is 0.222 e. The number of halogens is 2. The highest BCUT2D eigenvalue weighted by atomic mass is 35.5. The molecule has 0 amide bonds. The molecule has 2 aromatic carbocycles. The van der Waals surface area contributed by atoms with Gasteiger partial charge in [-0.2, -0.15) is 4.98 Å². The predicted octanol–water partition coefficient (Wildman–Crippen LogP) is 4.02. The number of nitrogens with one attached hydrogen (secondary N) is 1. The molecule has 7 heteroatoms. The van der Waals surface area contributed by atoms with E-state index >= 15 is 0 Å². The van der Waals surface area contributed by atoms with Crippen LogP contribution in [0.25, 0.3) is 10.9 Å². The molecule has 0 aliphatic carbocycles. The maximum Gasteiger partial charge on any atom is 0.222 e. The molecule has 0 unspecified atom stereocenters. The van der Waals surface area contributed by atoms with E-state index in [9.17, 15) is 0 Å². The first-order valence-corrected chi connectivity index (χ1v) is 7.71. The summed E-state index contributed by atoms with van der Waals surface area (Å²) >= 11 is 11.9. The van der Waals surface area contributed by atoms with Gasteiger partial charge in [0.1, 0.15) is 5.82 Å². The summed E-state index contributed by atoms with van der Waals surface area (Å²) in [6.45, 7) is 2.60. The average molecular weight is 348 g/mol. The van der Waals surface area contributed by atoms with Gasteiger partial charge >= 0.3 is 0 Å². The molecule has 0 radical (unpaired) electrons. The van der Waals surface area contributed by atoms with Crippen LogP contribution in [-0.4, -0.2) is 9.97 Å². The van der Waals surface area contributed by atoms with Crippen LogP contribution in [0, 0.1) is 6.92 Å². The number of rotatable bonds is 3. The van der Waals surface area contributed by atoms with Gasteiger partial charge in [-0.05, 0) is 42.3 Å². The predicted molar refractivity (Wildman–Crippen MR) is 96.9 cm³/mol. The van der Waals surface area contributed by atoms with Crippen molar-refractivity contribution in [3.8, 4) is 0 Å². The Balaban J connectivity index is 1.91. The van der Waals surface area contributed by atoms with Gasteiger partial charge in [-0.1, -0.05) is 29.3 Å². The van der Waals surface area contributed by atoms with E-state index in [4.69, 9.17) is 34.7 Å². The third-order valence-corrected chi connectivity index (χ3v) is 4.42. The van der Waals surface area contributed by atoms with Crippen molar-refractivity contribution >= 4 is 51.6 Å². The quantitative estimate of drug-likeness (QED) is 0.665. The van der Waals surface area contributed by atoms with Crippen LogP contribution in [0.15, 0.2) is 30.3 Å². The molecule has 0 fully saturated rings. The highest BCUT2D eigenvalue weighted by molar-refractivity contribution is 6.42. The highest BCUT2D eigenvalue weighted by Gasteiger charge is 2.10. The van der Waals surface area contributed by atoms with Crippen molar-refractivity contribution in [2.45, 2.75) is 13.5 Å². The Morgan fingerprint density at radius 3 is 2.57 bits per heavy atom. The third kappa shape index (κ3) is 3.11. The summed E-state index contributed by atoms with van der Waals surface area (Å²) in [5.41, 5.74) is 15.4. The fourth-order valence-corrected chi connectivity index (χ4v) is 2.78. The van der Waals surface area contributed by atoms with Crippen molar-refractivity contribution in [3.05, 3.63) is 51.5 Å². The normalized spacial score (nSPS) is 10.9. The van der Waals surface area contributed by atoms with Crippen LogP contribution in [0.5, 0.6) is 0 Å². The molecule has 3 rings (SSSR count). The van der Waals surface area contributed by atoms with Gasteiger partial charge in [-0.25, -0.2) is 4.98 Å². The van der Waals surface area contributed by atoms with Crippen molar-refractivity contribution in [2.24, 2.45) is 0 Å². The lowest BCUT2D eigenvalue weighted by Crippen LogP contribution is -2.05. The number of anilines is 3. The summed E-state index contributed by atoms with van der Waals surface area (Å²) in [5, 5.41) is 5.19. The van der Waals surface area contributed by atoms with Gasteiger partial charge in [0.15, 0.2) is 0 Å². The molecule has 3 aromatic rings. The standard InChI is InChI=1S/C16H15Cl2N5/c1-8-9(7-21-10-3-4-11(17)12(18)6-10)2-5-13-14(8)15(19)23-16(20)22-13/h2-6,21H,7H2,1H3,(H4,19,20,22,23). The number of hydrogen-bond acceptors (Lipinski definition) is 5. The Labute approximate surface area is 143 Å². The summed E-state index contributed by atoms with van der Waals surface area (Å²) in [4.78, 5) is 8.25. The molecule has 5 N–H and O–H groups in total. The van der Waals surface area contributed by atoms with Gasteiger partial charge in [-0.15, -0.1) is 0 Å². The fourth-order valence-electron chi connectivity index (χ4n) is 2.48. The lowest BCUT2D eigenvalue weighted by molar-refractivity contribution is 1.12. The van der Waals surface area contributed by atoms with E-state index in [1.54, 1.807) is 12.1 Å². The monoisotopic (exact) mass is 347 g/mol. The van der Waals surface area contributed by atoms with Crippen LogP contribution in [0.3, 0.4) is 0 Å².